The predicted molar refractivity (Wildman–Crippen MR) is 102 cm³/mol. The van der Waals surface area contributed by atoms with Gasteiger partial charge in [0.2, 0.25) is 21.8 Å². The molecule has 2 amide bonds. The van der Waals surface area contributed by atoms with Gasteiger partial charge in [-0.25, -0.2) is 8.42 Å². The second-order valence-electron chi connectivity index (χ2n) is 7.87. The zero-order chi connectivity index (χ0) is 19.9. The van der Waals surface area contributed by atoms with E-state index < -0.39 is 22.1 Å². The van der Waals surface area contributed by atoms with Crippen LogP contribution >= 0.6 is 0 Å². The highest BCUT2D eigenvalue weighted by atomic mass is 32.2. The summed E-state index contributed by atoms with van der Waals surface area (Å²) in [5.74, 6) is -0.111. The molecule has 0 radical (unpaired) electrons. The number of piperazine rings is 2. The highest BCUT2D eigenvalue weighted by molar-refractivity contribution is 7.89. The van der Waals surface area contributed by atoms with Gasteiger partial charge in [0.1, 0.15) is 12.1 Å². The number of amides is 2. The van der Waals surface area contributed by atoms with Gasteiger partial charge in [0.25, 0.3) is 0 Å². The summed E-state index contributed by atoms with van der Waals surface area (Å²) in [4.78, 5) is 27.1. The van der Waals surface area contributed by atoms with Crippen LogP contribution in [0.5, 0.6) is 0 Å². The first-order chi connectivity index (χ1) is 12.6. The maximum atomic E-state index is 13.1. The van der Waals surface area contributed by atoms with E-state index in [4.69, 9.17) is 0 Å². The Bertz CT molecular complexity index is 866. The minimum absolute atomic E-state index is 0.0122. The molecule has 2 aliphatic rings. The van der Waals surface area contributed by atoms with Gasteiger partial charge in [0.05, 0.1) is 4.90 Å². The smallest absolute Gasteiger partial charge is 0.245 e. The first kappa shape index (κ1) is 19.8. The van der Waals surface area contributed by atoms with Crippen LogP contribution in [0.4, 0.5) is 0 Å². The quantitative estimate of drug-likeness (QED) is 0.828. The minimum Gasteiger partial charge on any atom is -0.342 e. The number of hydrogen-bond acceptors (Lipinski definition) is 4. The van der Waals surface area contributed by atoms with Gasteiger partial charge in [-0.2, -0.15) is 4.31 Å². The van der Waals surface area contributed by atoms with Crippen LogP contribution in [0.1, 0.15) is 31.4 Å². The van der Waals surface area contributed by atoms with Crippen molar-refractivity contribution in [1.82, 2.24) is 14.5 Å². The van der Waals surface area contributed by atoms with E-state index in [-0.39, 0.29) is 42.3 Å². The zero-order valence-electron chi connectivity index (χ0n) is 16.2. The van der Waals surface area contributed by atoms with Crippen LogP contribution in [0.25, 0.3) is 0 Å². The Balaban J connectivity index is 1.83. The molecule has 0 aromatic heterocycles. The Kier molecular flexibility index (Phi) is 5.31. The second-order valence-corrected chi connectivity index (χ2v) is 9.78. The van der Waals surface area contributed by atoms with Gasteiger partial charge in [0.15, 0.2) is 0 Å². The van der Waals surface area contributed by atoms with Gasteiger partial charge in [-0.05, 0) is 43.4 Å². The number of carbonyl (C=O) groups excluding carboxylic acids is 2. The van der Waals surface area contributed by atoms with Gasteiger partial charge in [0, 0.05) is 19.6 Å². The number of benzene rings is 1. The molecule has 1 N–H and O–H groups in total. The fourth-order valence-corrected chi connectivity index (χ4v) is 5.50. The van der Waals surface area contributed by atoms with Crippen molar-refractivity contribution in [3.8, 4) is 0 Å². The number of aryl methyl sites for hydroxylation is 2. The Labute approximate surface area is 160 Å². The van der Waals surface area contributed by atoms with Crippen molar-refractivity contribution in [2.45, 2.75) is 51.1 Å². The molecule has 2 saturated heterocycles. The summed E-state index contributed by atoms with van der Waals surface area (Å²) in [5.41, 5.74) is 1.53. The van der Waals surface area contributed by atoms with Crippen LogP contribution in [0.15, 0.2) is 23.1 Å². The lowest BCUT2D eigenvalue weighted by molar-refractivity contribution is -0.152. The van der Waals surface area contributed by atoms with E-state index in [1.807, 2.05) is 26.8 Å². The van der Waals surface area contributed by atoms with E-state index in [1.54, 1.807) is 24.0 Å². The number of rotatable bonds is 4. The molecule has 0 bridgehead atoms. The third kappa shape index (κ3) is 3.73. The standard InChI is InChI=1S/C19H27N3O4S/c1-12(2)9-15-19(24)22-8-7-21(11-16(22)18(23)20-15)27(25,26)17-10-13(3)5-6-14(17)4/h5-6,10,12,15-16H,7-9,11H2,1-4H3,(H,20,23)/t15-,16+/m0/s1. The van der Waals surface area contributed by atoms with E-state index in [9.17, 15) is 18.0 Å². The molecule has 0 spiro atoms. The van der Waals surface area contributed by atoms with Crippen LogP contribution in [-0.4, -0.2) is 61.2 Å². The molecular formula is C19H27N3O4S. The molecule has 7 nitrogen and oxygen atoms in total. The fraction of sp³-hybridized carbons (Fsp3) is 0.579. The summed E-state index contributed by atoms with van der Waals surface area (Å²) < 4.78 is 27.6. The van der Waals surface area contributed by atoms with Crippen LogP contribution in [0, 0.1) is 19.8 Å². The maximum Gasteiger partial charge on any atom is 0.245 e. The molecule has 0 aliphatic carbocycles. The molecule has 1 aromatic rings. The number of carbonyl (C=O) groups is 2. The lowest BCUT2D eigenvalue weighted by Crippen LogP contribution is -2.69. The lowest BCUT2D eigenvalue weighted by Gasteiger charge is -2.45. The molecule has 2 heterocycles. The number of nitrogens with one attached hydrogen (secondary N) is 1. The van der Waals surface area contributed by atoms with Crippen molar-refractivity contribution in [3.63, 3.8) is 0 Å². The van der Waals surface area contributed by atoms with E-state index in [2.05, 4.69) is 5.32 Å². The largest absolute Gasteiger partial charge is 0.342 e. The third-order valence-corrected chi connectivity index (χ3v) is 7.22. The molecule has 0 unspecified atom stereocenters. The normalized spacial score (nSPS) is 24.1. The second kappa shape index (κ2) is 7.24. The molecule has 8 heteroatoms. The van der Waals surface area contributed by atoms with E-state index >= 15 is 0 Å². The summed E-state index contributed by atoms with van der Waals surface area (Å²) in [6.45, 7) is 8.02. The van der Waals surface area contributed by atoms with Gasteiger partial charge in [-0.3, -0.25) is 9.59 Å². The molecule has 2 atom stereocenters. The van der Waals surface area contributed by atoms with Crippen molar-refractivity contribution in [3.05, 3.63) is 29.3 Å². The van der Waals surface area contributed by atoms with E-state index in [1.165, 1.54) is 4.31 Å². The summed E-state index contributed by atoms with van der Waals surface area (Å²) in [6, 6.07) is 4.02. The molecule has 0 saturated carbocycles. The van der Waals surface area contributed by atoms with Crippen molar-refractivity contribution >= 4 is 21.8 Å². The SMILES string of the molecule is Cc1ccc(C)c(S(=O)(=O)N2CCN3C(=O)[C@H](CC(C)C)NC(=O)[C@H]3C2)c1. The highest BCUT2D eigenvalue weighted by Crippen LogP contribution is 2.26. The Morgan fingerprint density at radius 1 is 1.19 bits per heavy atom. The highest BCUT2D eigenvalue weighted by Gasteiger charge is 2.45. The number of fused-ring (bicyclic) bond motifs is 1. The van der Waals surface area contributed by atoms with Gasteiger partial charge in [-0.15, -0.1) is 0 Å². The molecule has 3 rings (SSSR count). The van der Waals surface area contributed by atoms with Gasteiger partial charge >= 0.3 is 0 Å². The molecule has 148 valence electrons. The van der Waals surface area contributed by atoms with Crippen molar-refractivity contribution < 1.29 is 18.0 Å². The van der Waals surface area contributed by atoms with Crippen LogP contribution in [0.2, 0.25) is 0 Å². The predicted octanol–water partition coefficient (Wildman–Crippen LogP) is 1.05. The number of nitrogens with zero attached hydrogens (tertiary/aromatic N) is 2. The van der Waals surface area contributed by atoms with Crippen molar-refractivity contribution in [2.75, 3.05) is 19.6 Å². The summed E-state index contributed by atoms with van der Waals surface area (Å²) >= 11 is 0. The minimum atomic E-state index is -3.72. The van der Waals surface area contributed by atoms with E-state index in [0.29, 0.717) is 12.0 Å². The Hall–Kier alpha value is -1.93. The monoisotopic (exact) mass is 393 g/mol. The maximum absolute atomic E-state index is 13.1. The van der Waals surface area contributed by atoms with Crippen LogP contribution < -0.4 is 5.32 Å². The zero-order valence-corrected chi connectivity index (χ0v) is 17.0. The van der Waals surface area contributed by atoms with E-state index in [0.717, 1.165) is 5.56 Å². The van der Waals surface area contributed by atoms with Gasteiger partial charge in [-0.1, -0.05) is 26.0 Å². The molecule has 1 aromatic carbocycles. The molecule has 2 aliphatic heterocycles. The lowest BCUT2D eigenvalue weighted by atomic mass is 9.97. The number of hydrogen-bond donors (Lipinski definition) is 1. The average molecular weight is 394 g/mol. The Morgan fingerprint density at radius 2 is 1.89 bits per heavy atom. The fourth-order valence-electron chi connectivity index (χ4n) is 3.75. The number of sulfonamides is 1. The van der Waals surface area contributed by atoms with Crippen LogP contribution in [-0.2, 0) is 19.6 Å². The summed E-state index contributed by atoms with van der Waals surface area (Å²) in [6.07, 6.45) is 0.582. The summed E-state index contributed by atoms with van der Waals surface area (Å²) in [5, 5.41) is 2.78. The first-order valence-corrected chi connectivity index (χ1v) is 10.7. The van der Waals surface area contributed by atoms with Crippen LogP contribution in [0.3, 0.4) is 0 Å². The van der Waals surface area contributed by atoms with Crippen molar-refractivity contribution in [1.29, 1.82) is 0 Å². The van der Waals surface area contributed by atoms with Crippen molar-refractivity contribution in [2.24, 2.45) is 5.92 Å². The molecule has 2 fully saturated rings. The summed E-state index contributed by atoms with van der Waals surface area (Å²) in [7, 11) is -3.72. The Morgan fingerprint density at radius 3 is 2.56 bits per heavy atom. The first-order valence-electron chi connectivity index (χ1n) is 9.29. The molecule has 27 heavy (non-hydrogen) atoms. The van der Waals surface area contributed by atoms with Gasteiger partial charge < -0.3 is 10.2 Å². The third-order valence-electron chi connectivity index (χ3n) is 5.21. The topological polar surface area (TPSA) is 86.8 Å². The molecular weight excluding hydrogens is 366 g/mol. The average Bonchev–Trinajstić information content (AvgIpc) is 2.60.